The van der Waals surface area contributed by atoms with Crippen LogP contribution in [0.5, 0.6) is 0 Å². The molecule has 0 aromatic heterocycles. The smallest absolute Gasteiger partial charge is 0.261 e. The third-order valence-corrected chi connectivity index (χ3v) is 9.71. The Kier molecular flexibility index (Phi) is 4.72. The van der Waals surface area contributed by atoms with Crippen molar-refractivity contribution in [2.75, 3.05) is 0 Å². The molecule has 0 N–H and O–H groups in total. The van der Waals surface area contributed by atoms with E-state index < -0.39 is 24.1 Å². The average molecular weight is 453 g/mol. The Hall–Kier alpha value is -1.70. The topological polar surface area (TPSA) is 85.3 Å². The number of rotatable bonds is 3. The van der Waals surface area contributed by atoms with Gasteiger partial charge in [0.05, 0.1) is 15.0 Å². The molecule has 0 bridgehead atoms. The predicted octanol–water partition coefficient (Wildman–Crippen LogP) is 4.57. The predicted molar refractivity (Wildman–Crippen MR) is 112 cm³/mol. The Morgan fingerprint density at radius 3 is 1.83 bits per heavy atom. The molecule has 2 aromatic rings. The number of carbonyl (C=O) groups excluding carboxylic acids is 1. The van der Waals surface area contributed by atoms with Gasteiger partial charge in [-0.2, -0.15) is 0 Å². The molecule has 2 aromatic carbocycles. The lowest BCUT2D eigenvalue weighted by atomic mass is 9.77. The molecule has 29 heavy (non-hydrogen) atoms. The van der Waals surface area contributed by atoms with Crippen molar-refractivity contribution >= 4 is 35.4 Å². The van der Waals surface area contributed by atoms with Gasteiger partial charge in [-0.15, -0.1) is 0 Å². The van der Waals surface area contributed by atoms with Crippen molar-refractivity contribution in [1.82, 2.24) is 0 Å². The number of hydrogen-bond acceptors (Lipinski definition) is 5. The van der Waals surface area contributed by atoms with Crippen molar-refractivity contribution in [3.63, 3.8) is 0 Å². The zero-order valence-corrected chi connectivity index (χ0v) is 18.5. The number of benzene rings is 2. The standard InChI is InChI=1S/C21H21ClO5S2/c1-21(2)9-7-13(8-10-21)28(24,25)14-3-5-16-17-6-4-15(29(22,26)27)12-19(17)20(23)18(16)11-14/h3-6,11-13H,7-10H2,1-2H3. The van der Waals surface area contributed by atoms with Gasteiger partial charge >= 0.3 is 0 Å². The van der Waals surface area contributed by atoms with Gasteiger partial charge < -0.3 is 0 Å². The summed E-state index contributed by atoms with van der Waals surface area (Å²) in [6.07, 6.45) is 2.92. The highest BCUT2D eigenvalue weighted by molar-refractivity contribution is 8.13. The van der Waals surface area contributed by atoms with Gasteiger partial charge in [0.2, 0.25) is 0 Å². The number of fused-ring (bicyclic) bond motifs is 3. The molecule has 1 fully saturated rings. The molecular weight excluding hydrogens is 432 g/mol. The summed E-state index contributed by atoms with van der Waals surface area (Å²) in [6, 6.07) is 8.73. The molecule has 2 aliphatic carbocycles. The summed E-state index contributed by atoms with van der Waals surface area (Å²) in [5.74, 6) is -0.390. The van der Waals surface area contributed by atoms with Crippen LogP contribution in [-0.2, 0) is 18.9 Å². The minimum atomic E-state index is -3.97. The number of carbonyl (C=O) groups is 1. The van der Waals surface area contributed by atoms with E-state index in [1.54, 1.807) is 12.1 Å². The van der Waals surface area contributed by atoms with E-state index in [0.717, 1.165) is 12.8 Å². The highest BCUT2D eigenvalue weighted by atomic mass is 35.7. The molecule has 0 atom stereocenters. The van der Waals surface area contributed by atoms with Crippen molar-refractivity contribution in [2.24, 2.45) is 5.41 Å². The fourth-order valence-electron chi connectivity index (χ4n) is 4.24. The van der Waals surface area contributed by atoms with Crippen molar-refractivity contribution in [2.45, 2.75) is 54.6 Å². The van der Waals surface area contributed by atoms with Crippen LogP contribution in [0.25, 0.3) is 11.1 Å². The van der Waals surface area contributed by atoms with Crippen LogP contribution in [0, 0.1) is 5.41 Å². The molecule has 0 aliphatic heterocycles. The fraction of sp³-hybridized carbons (Fsp3) is 0.381. The van der Waals surface area contributed by atoms with Crippen LogP contribution in [0.2, 0.25) is 0 Å². The van der Waals surface area contributed by atoms with Crippen molar-refractivity contribution < 1.29 is 21.6 Å². The van der Waals surface area contributed by atoms with Gasteiger partial charge in [-0.05, 0) is 66.5 Å². The number of halogens is 1. The summed E-state index contributed by atoms with van der Waals surface area (Å²) >= 11 is 0. The van der Waals surface area contributed by atoms with Gasteiger partial charge in [0.15, 0.2) is 15.6 Å². The summed E-state index contributed by atoms with van der Waals surface area (Å²) in [5, 5.41) is -0.444. The molecule has 5 nitrogen and oxygen atoms in total. The molecule has 8 heteroatoms. The van der Waals surface area contributed by atoms with Crippen LogP contribution in [0.15, 0.2) is 46.2 Å². The normalized spacial score (nSPS) is 19.1. The highest BCUT2D eigenvalue weighted by Gasteiger charge is 2.36. The Balaban J connectivity index is 1.72. The molecule has 0 amide bonds. The van der Waals surface area contributed by atoms with E-state index in [-0.39, 0.29) is 32.1 Å². The molecule has 2 aliphatic rings. The molecule has 4 rings (SSSR count). The third-order valence-electron chi connectivity index (χ3n) is 6.10. The van der Waals surface area contributed by atoms with Crippen LogP contribution >= 0.6 is 10.7 Å². The van der Waals surface area contributed by atoms with E-state index in [2.05, 4.69) is 13.8 Å². The molecule has 0 saturated heterocycles. The molecule has 0 radical (unpaired) electrons. The first-order valence-corrected chi connectivity index (χ1v) is 13.3. The quantitative estimate of drug-likeness (QED) is 0.543. The van der Waals surface area contributed by atoms with Gasteiger partial charge in [-0.3, -0.25) is 4.79 Å². The lowest BCUT2D eigenvalue weighted by Crippen LogP contribution is -2.30. The maximum absolute atomic E-state index is 13.2. The minimum absolute atomic E-state index is 0.146. The van der Waals surface area contributed by atoms with Crippen molar-refractivity contribution in [3.8, 4) is 11.1 Å². The lowest BCUT2D eigenvalue weighted by Gasteiger charge is -2.34. The molecule has 154 valence electrons. The largest absolute Gasteiger partial charge is 0.289 e. The van der Waals surface area contributed by atoms with E-state index in [4.69, 9.17) is 10.7 Å². The van der Waals surface area contributed by atoms with Gasteiger partial charge in [0.1, 0.15) is 0 Å². The summed E-state index contributed by atoms with van der Waals surface area (Å²) in [6.45, 7) is 4.30. The van der Waals surface area contributed by atoms with Crippen LogP contribution in [0.4, 0.5) is 0 Å². The third kappa shape index (κ3) is 3.53. The van der Waals surface area contributed by atoms with Crippen LogP contribution in [0.3, 0.4) is 0 Å². The molecule has 0 spiro atoms. The highest BCUT2D eigenvalue weighted by Crippen LogP contribution is 2.42. The van der Waals surface area contributed by atoms with Gasteiger partial charge in [-0.25, -0.2) is 16.8 Å². The summed E-state index contributed by atoms with van der Waals surface area (Å²) in [4.78, 5) is 12.9. The Bertz CT molecular complexity index is 1230. The van der Waals surface area contributed by atoms with Crippen molar-refractivity contribution in [1.29, 1.82) is 0 Å². The Labute approximate surface area is 175 Å². The molecule has 0 unspecified atom stereocenters. The molecule has 0 heterocycles. The SMILES string of the molecule is CC1(C)CCC(S(=O)(=O)c2ccc3c(c2)C(=O)c2cc(S(=O)(=O)Cl)ccc2-3)CC1. The van der Waals surface area contributed by atoms with Crippen LogP contribution < -0.4 is 0 Å². The second-order valence-electron chi connectivity index (χ2n) is 8.59. The van der Waals surface area contributed by atoms with Gasteiger partial charge in [0.25, 0.3) is 9.05 Å². The lowest BCUT2D eigenvalue weighted by molar-refractivity contribution is 0.104. The Morgan fingerprint density at radius 1 is 0.828 bits per heavy atom. The van der Waals surface area contributed by atoms with E-state index in [1.807, 2.05) is 0 Å². The monoisotopic (exact) mass is 452 g/mol. The maximum atomic E-state index is 13.2. The molecular formula is C21H21ClO5S2. The second kappa shape index (κ2) is 6.65. The van der Waals surface area contributed by atoms with Crippen molar-refractivity contribution in [3.05, 3.63) is 47.5 Å². The molecule has 1 saturated carbocycles. The zero-order chi connectivity index (χ0) is 21.2. The van der Waals surface area contributed by atoms with E-state index in [1.165, 1.54) is 24.3 Å². The zero-order valence-electron chi connectivity index (χ0n) is 16.1. The fourth-order valence-corrected chi connectivity index (χ4v) is 6.80. The summed E-state index contributed by atoms with van der Waals surface area (Å²) < 4.78 is 49.5. The first kappa shape index (κ1) is 20.6. The van der Waals surface area contributed by atoms with Crippen LogP contribution in [-0.4, -0.2) is 27.9 Å². The van der Waals surface area contributed by atoms with E-state index in [9.17, 15) is 21.6 Å². The maximum Gasteiger partial charge on any atom is 0.261 e. The summed E-state index contributed by atoms with van der Waals surface area (Å²) in [7, 11) is -2.12. The van der Waals surface area contributed by atoms with E-state index in [0.29, 0.717) is 24.0 Å². The number of sulfone groups is 1. The van der Waals surface area contributed by atoms with E-state index >= 15 is 0 Å². The minimum Gasteiger partial charge on any atom is -0.289 e. The van der Waals surface area contributed by atoms with Crippen LogP contribution in [0.1, 0.15) is 55.5 Å². The second-order valence-corrected chi connectivity index (χ2v) is 13.4. The number of ketones is 1. The number of hydrogen-bond donors (Lipinski definition) is 0. The first-order valence-electron chi connectivity index (χ1n) is 9.42. The van der Waals surface area contributed by atoms with Gasteiger partial charge in [0, 0.05) is 21.8 Å². The average Bonchev–Trinajstić information content (AvgIpc) is 2.92. The Morgan fingerprint density at radius 2 is 1.31 bits per heavy atom. The summed E-state index contributed by atoms with van der Waals surface area (Å²) in [5.41, 5.74) is 1.84. The first-order chi connectivity index (χ1) is 13.4. The van der Waals surface area contributed by atoms with Gasteiger partial charge in [-0.1, -0.05) is 26.0 Å².